The third kappa shape index (κ3) is 4.23. The number of piperazine rings is 1. The summed E-state index contributed by atoms with van der Waals surface area (Å²) in [6.07, 6.45) is 1.37. The van der Waals surface area contributed by atoms with Crippen LogP contribution in [0.1, 0.15) is 21.6 Å². The number of nitrogens with zero attached hydrogens (tertiary/aromatic N) is 5. The molecule has 7 heteroatoms. The summed E-state index contributed by atoms with van der Waals surface area (Å²) in [4.78, 5) is 25.4. The van der Waals surface area contributed by atoms with Crippen molar-refractivity contribution >= 4 is 23.1 Å². The number of aryl methyl sites for hydroxylation is 1. The number of hydrogen-bond donors (Lipinski definition) is 1. The first-order valence-electron chi connectivity index (χ1n) is 9.83. The predicted molar refractivity (Wildman–Crippen MR) is 116 cm³/mol. The Morgan fingerprint density at radius 1 is 1.03 bits per heavy atom. The number of nitrogens with one attached hydrogen (secondary N) is 1. The summed E-state index contributed by atoms with van der Waals surface area (Å²) >= 11 is 0. The second-order valence-electron chi connectivity index (χ2n) is 7.19. The number of nitriles is 1. The van der Waals surface area contributed by atoms with Gasteiger partial charge in [0.2, 0.25) is 0 Å². The average molecular weight is 398 g/mol. The van der Waals surface area contributed by atoms with Crippen molar-refractivity contribution in [1.82, 2.24) is 14.9 Å². The molecule has 0 atom stereocenters. The van der Waals surface area contributed by atoms with Crippen LogP contribution in [0.4, 0.5) is 17.2 Å². The van der Waals surface area contributed by atoms with Crippen molar-refractivity contribution in [3.05, 3.63) is 77.7 Å². The molecule has 4 rings (SSSR count). The SMILES string of the molecule is Cc1cccc(N2CCN(C(=O)c3cc(Nc4ccccc4C#N)ncn3)CC2)c1. The highest BCUT2D eigenvalue weighted by molar-refractivity contribution is 5.93. The van der Waals surface area contributed by atoms with Crippen molar-refractivity contribution in [3.8, 4) is 6.07 Å². The number of carbonyl (C=O) groups is 1. The molecule has 0 unspecified atom stereocenters. The highest BCUT2D eigenvalue weighted by atomic mass is 16.2. The molecule has 0 radical (unpaired) electrons. The maximum absolute atomic E-state index is 13.0. The van der Waals surface area contributed by atoms with Gasteiger partial charge in [0.05, 0.1) is 11.3 Å². The van der Waals surface area contributed by atoms with Crippen molar-refractivity contribution in [3.63, 3.8) is 0 Å². The van der Waals surface area contributed by atoms with Crippen LogP contribution in [0.15, 0.2) is 60.9 Å². The lowest BCUT2D eigenvalue weighted by Crippen LogP contribution is -2.49. The van der Waals surface area contributed by atoms with Crippen LogP contribution in [0.2, 0.25) is 0 Å². The molecule has 2 aromatic carbocycles. The van der Waals surface area contributed by atoms with E-state index in [0.717, 1.165) is 13.1 Å². The summed E-state index contributed by atoms with van der Waals surface area (Å²) in [5.74, 6) is 0.368. The molecule has 150 valence electrons. The number of aromatic nitrogens is 2. The maximum Gasteiger partial charge on any atom is 0.272 e. The van der Waals surface area contributed by atoms with Crippen molar-refractivity contribution in [2.75, 3.05) is 36.4 Å². The van der Waals surface area contributed by atoms with E-state index in [4.69, 9.17) is 0 Å². The van der Waals surface area contributed by atoms with E-state index in [1.807, 2.05) is 11.0 Å². The van der Waals surface area contributed by atoms with Gasteiger partial charge in [0.15, 0.2) is 0 Å². The lowest BCUT2D eigenvalue weighted by atomic mass is 10.2. The lowest BCUT2D eigenvalue weighted by molar-refractivity contribution is 0.0740. The van der Waals surface area contributed by atoms with Crippen LogP contribution in [-0.2, 0) is 0 Å². The normalized spacial score (nSPS) is 13.6. The molecule has 2 heterocycles. The predicted octanol–water partition coefficient (Wildman–Crippen LogP) is 3.36. The minimum Gasteiger partial charge on any atom is -0.368 e. The third-order valence-electron chi connectivity index (χ3n) is 5.13. The standard InChI is InChI=1S/C23H22N6O/c1-17-5-4-7-19(13-17)28-9-11-29(12-10-28)23(30)21-14-22(26-16-25-21)27-20-8-3-2-6-18(20)15-24/h2-8,13-14,16H,9-12H2,1H3,(H,25,26,27). The number of rotatable bonds is 4. The fraction of sp³-hybridized carbons (Fsp3) is 0.217. The Balaban J connectivity index is 1.43. The first-order valence-corrected chi connectivity index (χ1v) is 9.83. The number of hydrogen-bond acceptors (Lipinski definition) is 6. The van der Waals surface area contributed by atoms with Crippen LogP contribution in [-0.4, -0.2) is 47.0 Å². The Morgan fingerprint density at radius 3 is 2.60 bits per heavy atom. The molecule has 7 nitrogen and oxygen atoms in total. The van der Waals surface area contributed by atoms with E-state index in [1.165, 1.54) is 17.6 Å². The number of para-hydroxylation sites is 1. The molecular weight excluding hydrogens is 376 g/mol. The van der Waals surface area contributed by atoms with Gasteiger partial charge in [-0.15, -0.1) is 0 Å². The number of carbonyl (C=O) groups excluding carboxylic acids is 1. The Hall–Kier alpha value is -3.92. The quantitative estimate of drug-likeness (QED) is 0.725. The van der Waals surface area contributed by atoms with Crippen LogP contribution in [0.25, 0.3) is 0 Å². The summed E-state index contributed by atoms with van der Waals surface area (Å²) in [7, 11) is 0. The van der Waals surface area contributed by atoms with E-state index < -0.39 is 0 Å². The van der Waals surface area contributed by atoms with E-state index in [2.05, 4.69) is 57.4 Å². The van der Waals surface area contributed by atoms with E-state index in [9.17, 15) is 10.1 Å². The van der Waals surface area contributed by atoms with Crippen molar-refractivity contribution in [1.29, 1.82) is 5.26 Å². The van der Waals surface area contributed by atoms with Crippen molar-refractivity contribution in [2.24, 2.45) is 0 Å². The zero-order valence-corrected chi connectivity index (χ0v) is 16.7. The fourth-order valence-corrected chi connectivity index (χ4v) is 3.52. The molecule has 1 aliphatic rings. The first-order chi connectivity index (χ1) is 14.6. The summed E-state index contributed by atoms with van der Waals surface area (Å²) in [6.45, 7) is 4.91. The van der Waals surface area contributed by atoms with Crippen molar-refractivity contribution in [2.45, 2.75) is 6.92 Å². The molecule has 1 aromatic heterocycles. The summed E-state index contributed by atoms with van der Waals surface area (Å²) in [5.41, 5.74) is 3.91. The molecule has 0 spiro atoms. The summed E-state index contributed by atoms with van der Waals surface area (Å²) in [6, 6.07) is 19.3. The smallest absolute Gasteiger partial charge is 0.272 e. The molecule has 1 saturated heterocycles. The number of anilines is 3. The second-order valence-corrected chi connectivity index (χ2v) is 7.19. The molecule has 30 heavy (non-hydrogen) atoms. The van der Waals surface area contributed by atoms with E-state index in [0.29, 0.717) is 35.9 Å². The van der Waals surface area contributed by atoms with E-state index in [1.54, 1.807) is 24.3 Å². The molecule has 0 saturated carbocycles. The molecule has 1 N–H and O–H groups in total. The molecule has 0 aliphatic carbocycles. The van der Waals surface area contributed by atoms with Crippen molar-refractivity contribution < 1.29 is 4.79 Å². The largest absolute Gasteiger partial charge is 0.368 e. The minimum atomic E-state index is -0.113. The van der Waals surface area contributed by atoms with Crippen LogP contribution < -0.4 is 10.2 Å². The van der Waals surface area contributed by atoms with Gasteiger partial charge in [-0.05, 0) is 36.8 Å². The molecule has 1 fully saturated rings. The Kier molecular flexibility index (Phi) is 5.57. The topological polar surface area (TPSA) is 85.1 Å². The van der Waals surface area contributed by atoms with Crippen LogP contribution in [0.3, 0.4) is 0 Å². The monoisotopic (exact) mass is 398 g/mol. The molecule has 1 amide bonds. The van der Waals surface area contributed by atoms with Crippen LogP contribution in [0, 0.1) is 18.3 Å². The van der Waals surface area contributed by atoms with Gasteiger partial charge in [-0.1, -0.05) is 24.3 Å². The molecular formula is C23H22N6O. The Morgan fingerprint density at radius 2 is 1.83 bits per heavy atom. The van der Waals surface area contributed by atoms with Gasteiger partial charge < -0.3 is 15.1 Å². The third-order valence-corrected chi connectivity index (χ3v) is 5.13. The first kappa shape index (κ1) is 19.4. The highest BCUT2D eigenvalue weighted by Crippen LogP contribution is 2.21. The molecule has 0 bridgehead atoms. The zero-order chi connectivity index (χ0) is 20.9. The summed E-state index contributed by atoms with van der Waals surface area (Å²) in [5, 5.41) is 12.3. The van der Waals surface area contributed by atoms with Gasteiger partial charge in [-0.2, -0.15) is 5.26 Å². The fourth-order valence-electron chi connectivity index (χ4n) is 3.52. The van der Waals surface area contributed by atoms with E-state index in [-0.39, 0.29) is 5.91 Å². The number of benzene rings is 2. The highest BCUT2D eigenvalue weighted by Gasteiger charge is 2.23. The van der Waals surface area contributed by atoms with Gasteiger partial charge in [-0.3, -0.25) is 4.79 Å². The Labute approximate surface area is 175 Å². The Bertz CT molecular complexity index is 1100. The lowest BCUT2D eigenvalue weighted by Gasteiger charge is -2.36. The van der Waals surface area contributed by atoms with Gasteiger partial charge in [-0.25, -0.2) is 9.97 Å². The van der Waals surface area contributed by atoms with Crippen LogP contribution in [0.5, 0.6) is 0 Å². The van der Waals surface area contributed by atoms with Gasteiger partial charge in [0, 0.05) is 37.9 Å². The molecule has 1 aliphatic heterocycles. The van der Waals surface area contributed by atoms with Gasteiger partial charge in [0.25, 0.3) is 5.91 Å². The number of amides is 1. The average Bonchev–Trinajstić information content (AvgIpc) is 2.79. The van der Waals surface area contributed by atoms with Gasteiger partial charge >= 0.3 is 0 Å². The van der Waals surface area contributed by atoms with Crippen LogP contribution >= 0.6 is 0 Å². The van der Waals surface area contributed by atoms with E-state index >= 15 is 0 Å². The maximum atomic E-state index is 13.0. The second kappa shape index (κ2) is 8.62. The minimum absolute atomic E-state index is 0.113. The molecule has 3 aromatic rings. The zero-order valence-electron chi connectivity index (χ0n) is 16.7. The van der Waals surface area contributed by atoms with Gasteiger partial charge in [0.1, 0.15) is 23.9 Å². The summed E-state index contributed by atoms with van der Waals surface area (Å²) < 4.78 is 0.